The fraction of sp³-hybridized carbons (Fsp3) is 0.533. The Labute approximate surface area is 128 Å². The van der Waals surface area contributed by atoms with Gasteiger partial charge in [-0.25, -0.2) is 0 Å². The number of aliphatic carboxylic acids is 1. The van der Waals surface area contributed by atoms with E-state index >= 15 is 0 Å². The molecule has 0 radical (unpaired) electrons. The van der Waals surface area contributed by atoms with Gasteiger partial charge < -0.3 is 14.6 Å². The van der Waals surface area contributed by atoms with Gasteiger partial charge in [-0.2, -0.15) is 0 Å². The van der Waals surface area contributed by atoms with E-state index in [4.69, 9.17) is 21.1 Å². The average Bonchev–Trinajstić information content (AvgIpc) is 2.87. The van der Waals surface area contributed by atoms with Gasteiger partial charge in [0.1, 0.15) is 0 Å². The predicted octanol–water partition coefficient (Wildman–Crippen LogP) is 2.76. The molecule has 6 heteroatoms. The van der Waals surface area contributed by atoms with Gasteiger partial charge in [0, 0.05) is 13.1 Å². The maximum atomic E-state index is 11.4. The smallest absolute Gasteiger partial charge is 0.310 e. The zero-order valence-electron chi connectivity index (χ0n) is 11.9. The highest BCUT2D eigenvalue weighted by molar-refractivity contribution is 6.32. The number of piperidine rings is 1. The third-order valence-corrected chi connectivity index (χ3v) is 4.47. The van der Waals surface area contributed by atoms with E-state index in [-0.39, 0.29) is 6.79 Å². The first-order chi connectivity index (χ1) is 9.98. The Kier molecular flexibility index (Phi) is 3.71. The molecule has 1 aromatic rings. The van der Waals surface area contributed by atoms with Crippen LogP contribution in [0.15, 0.2) is 12.1 Å². The SMILES string of the molecule is CC1(C(=O)O)CCCN(Cc2cc(Cl)c3c(c2)OCO3)C1. The number of hydrogen-bond acceptors (Lipinski definition) is 4. The lowest BCUT2D eigenvalue weighted by molar-refractivity contribution is -0.151. The molecule has 1 fully saturated rings. The number of halogens is 1. The first-order valence-electron chi connectivity index (χ1n) is 7.02. The number of ether oxygens (including phenoxy) is 2. The molecular formula is C15H18ClNO4. The third kappa shape index (κ3) is 2.80. The summed E-state index contributed by atoms with van der Waals surface area (Å²) in [4.78, 5) is 13.6. The number of carboxylic acids is 1. The summed E-state index contributed by atoms with van der Waals surface area (Å²) >= 11 is 6.18. The lowest BCUT2D eigenvalue weighted by Crippen LogP contribution is -2.45. The van der Waals surface area contributed by atoms with Gasteiger partial charge in [-0.15, -0.1) is 0 Å². The summed E-state index contributed by atoms with van der Waals surface area (Å²) in [5.74, 6) is 0.529. The van der Waals surface area contributed by atoms with Crippen LogP contribution in [0.5, 0.6) is 11.5 Å². The first-order valence-corrected chi connectivity index (χ1v) is 7.39. The minimum absolute atomic E-state index is 0.194. The number of likely N-dealkylation sites (tertiary alicyclic amines) is 1. The van der Waals surface area contributed by atoms with E-state index < -0.39 is 11.4 Å². The zero-order chi connectivity index (χ0) is 15.0. The van der Waals surface area contributed by atoms with E-state index in [1.807, 2.05) is 19.1 Å². The summed E-state index contributed by atoms with van der Waals surface area (Å²) < 4.78 is 10.7. The summed E-state index contributed by atoms with van der Waals surface area (Å²) in [6.07, 6.45) is 1.61. The molecule has 0 aromatic heterocycles. The Balaban J connectivity index is 1.75. The van der Waals surface area contributed by atoms with Gasteiger partial charge in [0.15, 0.2) is 11.5 Å². The molecule has 1 N–H and O–H groups in total. The van der Waals surface area contributed by atoms with Crippen LogP contribution in [-0.2, 0) is 11.3 Å². The van der Waals surface area contributed by atoms with Gasteiger partial charge in [0.25, 0.3) is 0 Å². The molecule has 0 bridgehead atoms. The van der Waals surface area contributed by atoms with Crippen LogP contribution in [0.2, 0.25) is 5.02 Å². The molecule has 0 amide bonds. The Bertz CT molecular complexity index is 577. The molecule has 2 aliphatic heterocycles. The average molecular weight is 312 g/mol. The normalized spacial score (nSPS) is 25.0. The number of benzene rings is 1. The minimum atomic E-state index is -0.726. The topological polar surface area (TPSA) is 59.0 Å². The summed E-state index contributed by atoms with van der Waals surface area (Å²) in [7, 11) is 0. The largest absolute Gasteiger partial charge is 0.481 e. The maximum absolute atomic E-state index is 11.4. The van der Waals surface area contributed by atoms with E-state index in [2.05, 4.69) is 4.90 Å². The lowest BCUT2D eigenvalue weighted by atomic mass is 9.82. The lowest BCUT2D eigenvalue weighted by Gasteiger charge is -2.37. The molecule has 1 atom stereocenters. The standard InChI is InChI=1S/C15H18ClNO4/c1-15(14(18)19)3-2-4-17(8-15)7-10-5-11(16)13-12(6-10)20-9-21-13/h5-6H,2-4,7-9H2,1H3,(H,18,19). The number of carbonyl (C=O) groups is 1. The van der Waals surface area contributed by atoms with Crippen LogP contribution >= 0.6 is 11.6 Å². The van der Waals surface area contributed by atoms with Crippen LogP contribution in [0.3, 0.4) is 0 Å². The molecule has 114 valence electrons. The summed E-state index contributed by atoms with van der Waals surface area (Å²) in [6.45, 7) is 4.12. The van der Waals surface area contributed by atoms with Gasteiger partial charge in [-0.3, -0.25) is 9.69 Å². The number of rotatable bonds is 3. The molecule has 2 heterocycles. The van der Waals surface area contributed by atoms with E-state index in [0.29, 0.717) is 29.6 Å². The molecule has 2 aliphatic rings. The first kappa shape index (κ1) is 14.5. The van der Waals surface area contributed by atoms with Crippen LogP contribution in [0.4, 0.5) is 0 Å². The van der Waals surface area contributed by atoms with Crippen LogP contribution < -0.4 is 9.47 Å². The van der Waals surface area contributed by atoms with Gasteiger partial charge >= 0.3 is 5.97 Å². The fourth-order valence-electron chi connectivity index (χ4n) is 3.02. The number of fused-ring (bicyclic) bond motifs is 1. The van der Waals surface area contributed by atoms with Crippen molar-refractivity contribution >= 4 is 17.6 Å². The van der Waals surface area contributed by atoms with Gasteiger partial charge in [0.05, 0.1) is 10.4 Å². The van der Waals surface area contributed by atoms with Crippen molar-refractivity contribution < 1.29 is 19.4 Å². The molecule has 1 unspecified atom stereocenters. The summed E-state index contributed by atoms with van der Waals surface area (Å²) in [5, 5.41) is 9.91. The van der Waals surface area contributed by atoms with Crippen molar-refractivity contribution in [3.05, 3.63) is 22.7 Å². The summed E-state index contributed by atoms with van der Waals surface area (Å²) in [6, 6.07) is 3.78. The van der Waals surface area contributed by atoms with E-state index in [1.54, 1.807) is 0 Å². The fourth-order valence-corrected chi connectivity index (χ4v) is 3.31. The Hall–Kier alpha value is -1.46. The molecule has 3 rings (SSSR count). The minimum Gasteiger partial charge on any atom is -0.481 e. The van der Waals surface area contributed by atoms with Crippen LogP contribution in [0.25, 0.3) is 0 Å². The molecule has 21 heavy (non-hydrogen) atoms. The number of hydrogen-bond donors (Lipinski definition) is 1. The molecule has 1 saturated heterocycles. The third-order valence-electron chi connectivity index (χ3n) is 4.18. The monoisotopic (exact) mass is 311 g/mol. The number of nitrogens with zero attached hydrogens (tertiary/aromatic N) is 1. The maximum Gasteiger partial charge on any atom is 0.310 e. The second-order valence-electron chi connectivity index (χ2n) is 5.99. The Morgan fingerprint density at radius 2 is 2.29 bits per heavy atom. The van der Waals surface area contributed by atoms with Gasteiger partial charge in [-0.1, -0.05) is 11.6 Å². The van der Waals surface area contributed by atoms with Crippen molar-refractivity contribution in [3.8, 4) is 11.5 Å². The van der Waals surface area contributed by atoms with Crippen molar-refractivity contribution in [2.75, 3.05) is 19.9 Å². The van der Waals surface area contributed by atoms with Gasteiger partial charge in [0.2, 0.25) is 6.79 Å². The number of carboxylic acid groups (broad SMARTS) is 1. The van der Waals surface area contributed by atoms with Crippen LogP contribution in [-0.4, -0.2) is 35.9 Å². The highest BCUT2D eigenvalue weighted by atomic mass is 35.5. The second kappa shape index (κ2) is 5.39. The highest BCUT2D eigenvalue weighted by Crippen LogP contribution is 2.40. The highest BCUT2D eigenvalue weighted by Gasteiger charge is 2.37. The van der Waals surface area contributed by atoms with Crippen LogP contribution in [0, 0.1) is 5.41 Å². The Morgan fingerprint density at radius 3 is 3.05 bits per heavy atom. The molecule has 0 saturated carbocycles. The second-order valence-corrected chi connectivity index (χ2v) is 6.40. The molecule has 1 aromatic carbocycles. The van der Waals surface area contributed by atoms with Crippen molar-refractivity contribution in [2.24, 2.45) is 5.41 Å². The van der Waals surface area contributed by atoms with Crippen molar-refractivity contribution in [3.63, 3.8) is 0 Å². The zero-order valence-corrected chi connectivity index (χ0v) is 12.7. The predicted molar refractivity (Wildman–Crippen MR) is 77.8 cm³/mol. The van der Waals surface area contributed by atoms with E-state index in [9.17, 15) is 9.90 Å². The quantitative estimate of drug-likeness (QED) is 0.930. The van der Waals surface area contributed by atoms with Gasteiger partial charge in [-0.05, 0) is 44.0 Å². The molecule has 5 nitrogen and oxygen atoms in total. The molecular weight excluding hydrogens is 294 g/mol. The molecule has 0 spiro atoms. The van der Waals surface area contributed by atoms with Crippen molar-refractivity contribution in [2.45, 2.75) is 26.3 Å². The van der Waals surface area contributed by atoms with Crippen LogP contribution in [0.1, 0.15) is 25.3 Å². The van der Waals surface area contributed by atoms with E-state index in [1.165, 1.54) is 0 Å². The van der Waals surface area contributed by atoms with E-state index in [0.717, 1.165) is 24.9 Å². The van der Waals surface area contributed by atoms with Crippen molar-refractivity contribution in [1.82, 2.24) is 4.90 Å². The van der Waals surface area contributed by atoms with Crippen molar-refractivity contribution in [1.29, 1.82) is 0 Å². The molecule has 0 aliphatic carbocycles. The Morgan fingerprint density at radius 1 is 1.48 bits per heavy atom. The summed E-state index contributed by atoms with van der Waals surface area (Å²) in [5.41, 5.74) is 0.345.